The molecule has 5 fully saturated rings. The van der Waals surface area contributed by atoms with E-state index in [2.05, 4.69) is 32.0 Å². The number of nitriles is 1. The first-order valence-electron chi connectivity index (χ1n) is 15.6. The number of hydrogen-bond acceptors (Lipinski definition) is 8. The van der Waals surface area contributed by atoms with Crippen LogP contribution in [-0.4, -0.2) is 53.1 Å². The monoisotopic (exact) mass is 598 g/mol. The van der Waals surface area contributed by atoms with Crippen molar-refractivity contribution in [3.05, 3.63) is 41.6 Å². The van der Waals surface area contributed by atoms with Gasteiger partial charge >= 0.3 is 6.18 Å². The van der Waals surface area contributed by atoms with Crippen molar-refractivity contribution in [2.24, 2.45) is 29.1 Å². The van der Waals surface area contributed by atoms with Crippen LogP contribution in [0.5, 0.6) is 5.75 Å². The number of ether oxygens (including phenoxy) is 1. The zero-order valence-corrected chi connectivity index (χ0v) is 24.4. The summed E-state index contributed by atoms with van der Waals surface area (Å²) in [6.07, 6.45) is 7.13. The third-order valence-electron chi connectivity index (χ3n) is 10.2. The largest absolute Gasteiger partial charge is 0.484 e. The van der Waals surface area contributed by atoms with Crippen LogP contribution < -0.4 is 20.7 Å². The Morgan fingerprint density at radius 3 is 2.51 bits per heavy atom. The highest BCUT2D eigenvalue weighted by Gasteiger charge is 2.55. The minimum atomic E-state index is -4.42. The lowest BCUT2D eigenvalue weighted by molar-refractivity contribution is -0.153. The molecule has 1 unspecified atom stereocenters. The maximum Gasteiger partial charge on any atom is 0.422 e. The second kappa shape index (κ2) is 12.5. The number of aromatic nitrogens is 2. The lowest BCUT2D eigenvalue weighted by atomic mass is 9.48. The number of rotatable bonds is 11. The van der Waals surface area contributed by atoms with Crippen molar-refractivity contribution in [3.8, 4) is 11.8 Å². The Morgan fingerprint density at radius 1 is 1.05 bits per heavy atom. The van der Waals surface area contributed by atoms with Gasteiger partial charge in [0, 0.05) is 24.7 Å². The van der Waals surface area contributed by atoms with Crippen LogP contribution in [0.1, 0.15) is 68.9 Å². The standard InChI is InChI=1S/C32H41F3N6O2/c33-32(34,35)19-43-27-4-2-1-3-22(27)16-38-30-39-17-25(14-36)29(41-30)40-18-31-11-21-9-23(12-31)28(24(10-21)13-31)37-15-20-5-7-26(42)8-6-20/h1-4,17,20-21,23-24,26,28,37,42H,5-13,15-16,18-19H2,(H2,38,39,40,41)/t20-,21?,23-,24+,26-,28-,31-. The Bertz CT molecular complexity index is 1290. The molecule has 4 bridgehead atoms. The maximum atomic E-state index is 12.7. The van der Waals surface area contributed by atoms with E-state index in [1.807, 2.05) is 0 Å². The van der Waals surface area contributed by atoms with Crippen LogP contribution in [0.25, 0.3) is 0 Å². The fourth-order valence-electron chi connectivity index (χ4n) is 8.47. The first-order valence-corrected chi connectivity index (χ1v) is 15.6. The molecule has 7 rings (SSSR count). The molecule has 1 aromatic carbocycles. The number of benzene rings is 1. The van der Waals surface area contributed by atoms with Crippen LogP contribution in [0.4, 0.5) is 24.9 Å². The van der Waals surface area contributed by atoms with Gasteiger partial charge in [-0.2, -0.15) is 23.4 Å². The first-order chi connectivity index (χ1) is 20.7. The highest BCUT2D eigenvalue weighted by atomic mass is 19.4. The number of halogens is 3. The van der Waals surface area contributed by atoms with Gasteiger partial charge in [0.25, 0.3) is 0 Å². The molecule has 0 aliphatic heterocycles. The summed E-state index contributed by atoms with van der Waals surface area (Å²) in [5.74, 6) is 3.66. The molecule has 1 heterocycles. The second-order valence-corrected chi connectivity index (χ2v) is 13.4. The van der Waals surface area contributed by atoms with Crippen molar-refractivity contribution >= 4 is 11.8 Å². The van der Waals surface area contributed by atoms with Gasteiger partial charge in [-0.15, -0.1) is 0 Å². The van der Waals surface area contributed by atoms with Gasteiger partial charge in [-0.1, -0.05) is 18.2 Å². The van der Waals surface area contributed by atoms with Crippen molar-refractivity contribution in [1.29, 1.82) is 5.26 Å². The molecule has 5 atom stereocenters. The predicted octanol–water partition coefficient (Wildman–Crippen LogP) is 5.65. The van der Waals surface area contributed by atoms with Gasteiger partial charge in [-0.3, -0.25) is 0 Å². The first kappa shape index (κ1) is 29.9. The van der Waals surface area contributed by atoms with Gasteiger partial charge in [0.15, 0.2) is 6.61 Å². The number of aliphatic hydroxyl groups is 1. The Kier molecular flexibility index (Phi) is 8.70. The molecule has 4 N–H and O–H groups in total. The van der Waals surface area contributed by atoms with Crippen molar-refractivity contribution in [2.45, 2.75) is 82.7 Å². The summed E-state index contributed by atoms with van der Waals surface area (Å²) in [5.41, 5.74) is 1.09. The summed E-state index contributed by atoms with van der Waals surface area (Å²) < 4.78 is 43.0. The molecule has 2 aromatic rings. The van der Waals surface area contributed by atoms with Gasteiger partial charge in [0.1, 0.15) is 23.2 Å². The fourth-order valence-corrected chi connectivity index (χ4v) is 8.47. The second-order valence-electron chi connectivity index (χ2n) is 13.4. The number of aliphatic hydroxyl groups excluding tert-OH is 1. The zero-order chi connectivity index (χ0) is 30.0. The molecule has 0 amide bonds. The molecule has 8 nitrogen and oxygen atoms in total. The van der Waals surface area contributed by atoms with E-state index in [0.717, 1.165) is 44.7 Å². The van der Waals surface area contributed by atoms with Crippen LogP contribution in [0, 0.1) is 40.4 Å². The van der Waals surface area contributed by atoms with Crippen LogP contribution in [-0.2, 0) is 6.54 Å². The van der Waals surface area contributed by atoms with E-state index >= 15 is 0 Å². The summed E-state index contributed by atoms with van der Waals surface area (Å²) in [4.78, 5) is 8.85. The summed E-state index contributed by atoms with van der Waals surface area (Å²) in [5, 5.41) is 30.1. The number of para-hydroxylation sites is 1. The highest BCUT2D eigenvalue weighted by Crippen LogP contribution is 2.60. The van der Waals surface area contributed by atoms with Gasteiger partial charge in [-0.25, -0.2) is 4.98 Å². The molecule has 11 heteroatoms. The van der Waals surface area contributed by atoms with E-state index in [9.17, 15) is 23.5 Å². The summed E-state index contributed by atoms with van der Waals surface area (Å²) >= 11 is 0. The SMILES string of the molecule is N#Cc1cnc(NCc2ccccc2OCC(F)(F)F)nc1NC[C@]12CC3C[C@H](C1)[C@@H](NC[C@H]1CC[C@H](O)CC1)[C@@H](C3)C2. The van der Waals surface area contributed by atoms with Crippen LogP contribution in [0.3, 0.4) is 0 Å². The number of hydrogen-bond donors (Lipinski definition) is 4. The number of alkyl halides is 3. The van der Waals surface area contributed by atoms with E-state index in [-0.39, 0.29) is 29.8 Å². The van der Waals surface area contributed by atoms with E-state index < -0.39 is 12.8 Å². The fraction of sp³-hybridized carbons (Fsp3) is 0.656. The van der Waals surface area contributed by atoms with Gasteiger partial charge in [0.2, 0.25) is 5.95 Å². The third-order valence-corrected chi connectivity index (χ3v) is 10.2. The number of anilines is 2. The predicted molar refractivity (Wildman–Crippen MR) is 156 cm³/mol. The molecule has 0 radical (unpaired) electrons. The smallest absolute Gasteiger partial charge is 0.422 e. The van der Waals surface area contributed by atoms with E-state index in [1.165, 1.54) is 44.4 Å². The Hall–Kier alpha value is -3.10. The van der Waals surface area contributed by atoms with Gasteiger partial charge in [-0.05, 0) is 99.5 Å². The molecule has 5 aliphatic carbocycles. The molecular weight excluding hydrogens is 557 g/mol. The average molecular weight is 599 g/mol. The van der Waals surface area contributed by atoms with Crippen LogP contribution >= 0.6 is 0 Å². The van der Waals surface area contributed by atoms with Gasteiger partial charge < -0.3 is 25.8 Å². The highest BCUT2D eigenvalue weighted by molar-refractivity contribution is 5.53. The minimum absolute atomic E-state index is 0.115. The summed E-state index contributed by atoms with van der Waals surface area (Å²) in [6.45, 7) is 0.618. The normalized spacial score (nSPS) is 31.4. The van der Waals surface area contributed by atoms with Crippen molar-refractivity contribution in [2.75, 3.05) is 30.3 Å². The van der Waals surface area contributed by atoms with E-state index in [0.29, 0.717) is 40.7 Å². The van der Waals surface area contributed by atoms with Crippen molar-refractivity contribution in [3.63, 3.8) is 0 Å². The number of nitrogens with zero attached hydrogens (tertiary/aromatic N) is 3. The topological polar surface area (TPSA) is 115 Å². The van der Waals surface area contributed by atoms with E-state index in [1.54, 1.807) is 18.2 Å². The maximum absolute atomic E-state index is 12.7. The number of nitrogens with one attached hydrogen (secondary N) is 3. The average Bonchev–Trinajstić information content (AvgIpc) is 2.98. The zero-order valence-electron chi connectivity index (χ0n) is 24.4. The molecule has 5 saturated carbocycles. The van der Waals surface area contributed by atoms with E-state index in [4.69, 9.17) is 4.74 Å². The minimum Gasteiger partial charge on any atom is -0.484 e. The molecule has 232 valence electrons. The summed E-state index contributed by atoms with van der Waals surface area (Å²) in [7, 11) is 0. The summed E-state index contributed by atoms with van der Waals surface area (Å²) in [6, 6.07) is 9.31. The van der Waals surface area contributed by atoms with Crippen LogP contribution in [0.2, 0.25) is 0 Å². The molecule has 0 saturated heterocycles. The third kappa shape index (κ3) is 7.18. The van der Waals surface area contributed by atoms with Gasteiger partial charge in [0.05, 0.1) is 12.3 Å². The van der Waals surface area contributed by atoms with Crippen molar-refractivity contribution < 1.29 is 23.0 Å². The molecule has 0 spiro atoms. The Morgan fingerprint density at radius 2 is 1.79 bits per heavy atom. The molecule has 1 aromatic heterocycles. The van der Waals surface area contributed by atoms with Crippen molar-refractivity contribution in [1.82, 2.24) is 15.3 Å². The lowest BCUT2D eigenvalue weighted by Gasteiger charge is -2.60. The molecule has 43 heavy (non-hydrogen) atoms. The molecule has 5 aliphatic rings. The quantitative estimate of drug-likeness (QED) is 0.263. The lowest BCUT2D eigenvalue weighted by Crippen LogP contribution is -2.60. The van der Waals surface area contributed by atoms with Crippen LogP contribution in [0.15, 0.2) is 30.5 Å². The Labute approximate surface area is 250 Å². The molecular formula is C32H41F3N6O2. The Balaban J connectivity index is 1.07.